The van der Waals surface area contributed by atoms with Gasteiger partial charge >= 0.3 is 12.0 Å². The van der Waals surface area contributed by atoms with Crippen molar-refractivity contribution in [1.29, 1.82) is 0 Å². The van der Waals surface area contributed by atoms with Gasteiger partial charge in [0.05, 0.1) is 17.6 Å². The lowest BCUT2D eigenvalue weighted by Gasteiger charge is -2.21. The summed E-state index contributed by atoms with van der Waals surface area (Å²) >= 11 is 0. The molecular weight excluding hydrogens is 502 g/mol. The molecule has 0 saturated heterocycles. The number of carbonyl (C=O) groups excluding carboxylic acids is 2. The zero-order valence-corrected chi connectivity index (χ0v) is 21.3. The first kappa shape index (κ1) is 27.1. The number of nitrogens with zero attached hydrogens (tertiary/aromatic N) is 1. The first-order chi connectivity index (χ1) is 17.3. The number of nitro groups is 1. The van der Waals surface area contributed by atoms with E-state index in [0.717, 1.165) is 23.8 Å². The van der Waals surface area contributed by atoms with E-state index >= 15 is 0 Å². The quantitative estimate of drug-likeness (QED) is 0.256. The van der Waals surface area contributed by atoms with Gasteiger partial charge in [0.2, 0.25) is 0 Å². The number of nitro benzene ring substituents is 1. The number of benzene rings is 3. The average Bonchev–Trinajstić information content (AvgIpc) is 2.82. The largest absolute Gasteiger partial charge is 0.465 e. The van der Waals surface area contributed by atoms with Gasteiger partial charge < -0.3 is 14.8 Å². The fraction of sp³-hybridized carbons (Fsp3) is 0.200. The molecule has 0 radical (unpaired) electrons. The highest BCUT2D eigenvalue weighted by atomic mass is 32.2. The Hall–Kier alpha value is -4.45. The molecule has 0 fully saturated rings. The maximum absolute atomic E-state index is 13.0. The van der Waals surface area contributed by atoms with Crippen LogP contribution in [0.25, 0.3) is 11.1 Å². The molecule has 0 aliphatic rings. The summed E-state index contributed by atoms with van der Waals surface area (Å²) in [6.45, 7) is 4.99. The number of hydrogen-bond donors (Lipinski definition) is 2. The molecular formula is C25H25N3O8S. The van der Waals surface area contributed by atoms with Gasteiger partial charge in [-0.3, -0.25) is 10.1 Å². The highest BCUT2D eigenvalue weighted by Gasteiger charge is 2.27. The van der Waals surface area contributed by atoms with Gasteiger partial charge in [0.1, 0.15) is 16.4 Å². The van der Waals surface area contributed by atoms with E-state index in [2.05, 4.69) is 5.32 Å². The number of carbonyl (C=O) groups is 2. The van der Waals surface area contributed by atoms with E-state index in [1.807, 2.05) is 4.72 Å². The molecule has 0 unspecified atom stereocenters. The number of amides is 2. The van der Waals surface area contributed by atoms with Crippen LogP contribution in [0.2, 0.25) is 0 Å². The van der Waals surface area contributed by atoms with E-state index in [4.69, 9.17) is 9.47 Å². The summed E-state index contributed by atoms with van der Waals surface area (Å²) in [4.78, 5) is 33.8. The summed E-state index contributed by atoms with van der Waals surface area (Å²) in [7, 11) is -3.26. The third kappa shape index (κ3) is 7.04. The summed E-state index contributed by atoms with van der Waals surface area (Å²) in [6.07, 6.45) is 0. The summed E-state index contributed by atoms with van der Waals surface area (Å²) in [6, 6.07) is 15.3. The van der Waals surface area contributed by atoms with Crippen molar-refractivity contribution in [3.05, 3.63) is 82.4 Å². The number of urea groups is 1. The molecule has 0 aliphatic carbocycles. The van der Waals surface area contributed by atoms with E-state index in [1.165, 1.54) is 7.11 Å². The second-order valence-electron chi connectivity index (χ2n) is 8.90. The lowest BCUT2D eigenvalue weighted by Crippen LogP contribution is -2.48. The topological polar surface area (TPSA) is 154 Å². The third-order valence-electron chi connectivity index (χ3n) is 4.84. The smallest absolute Gasteiger partial charge is 0.337 e. The molecule has 3 aromatic carbocycles. The van der Waals surface area contributed by atoms with Crippen molar-refractivity contribution in [3.8, 4) is 22.6 Å². The van der Waals surface area contributed by atoms with Crippen LogP contribution in [0.4, 0.5) is 10.5 Å². The van der Waals surface area contributed by atoms with Crippen LogP contribution in [-0.4, -0.2) is 38.0 Å². The van der Waals surface area contributed by atoms with Crippen molar-refractivity contribution < 1.29 is 32.4 Å². The van der Waals surface area contributed by atoms with Gasteiger partial charge in [-0.05, 0) is 62.2 Å². The Bertz CT molecular complexity index is 1450. The van der Waals surface area contributed by atoms with E-state index in [0.29, 0.717) is 11.1 Å². The second-order valence-corrected chi connectivity index (χ2v) is 10.5. The van der Waals surface area contributed by atoms with Crippen LogP contribution >= 0.6 is 0 Å². The van der Waals surface area contributed by atoms with Gasteiger partial charge in [0, 0.05) is 17.7 Å². The van der Waals surface area contributed by atoms with Gasteiger partial charge in [-0.15, -0.1) is 0 Å². The van der Waals surface area contributed by atoms with Crippen molar-refractivity contribution in [2.24, 2.45) is 0 Å². The highest BCUT2D eigenvalue weighted by molar-refractivity contribution is 7.90. The molecule has 0 atom stereocenters. The minimum atomic E-state index is -4.55. The number of methoxy groups -OCH3 is 1. The van der Waals surface area contributed by atoms with Crippen LogP contribution < -0.4 is 14.8 Å². The van der Waals surface area contributed by atoms with Crippen LogP contribution in [0.3, 0.4) is 0 Å². The molecule has 3 aromatic rings. The van der Waals surface area contributed by atoms with Gasteiger partial charge in [0.25, 0.3) is 15.7 Å². The Kier molecular flexibility index (Phi) is 7.82. The van der Waals surface area contributed by atoms with Gasteiger partial charge in [-0.25, -0.2) is 22.7 Å². The number of nitrogens with one attached hydrogen (secondary N) is 2. The first-order valence-electron chi connectivity index (χ1n) is 10.9. The minimum Gasteiger partial charge on any atom is -0.465 e. The van der Waals surface area contributed by atoms with Crippen LogP contribution in [0, 0.1) is 10.1 Å². The van der Waals surface area contributed by atoms with Crippen molar-refractivity contribution in [1.82, 2.24) is 10.0 Å². The van der Waals surface area contributed by atoms with Crippen molar-refractivity contribution in [3.63, 3.8) is 0 Å². The number of hydrogen-bond acceptors (Lipinski definition) is 8. The van der Waals surface area contributed by atoms with Crippen molar-refractivity contribution in [2.45, 2.75) is 31.2 Å². The van der Waals surface area contributed by atoms with Crippen LogP contribution in [0.5, 0.6) is 11.5 Å². The normalized spacial score (nSPS) is 11.4. The molecule has 11 nitrogen and oxygen atoms in total. The Labute approximate surface area is 213 Å². The van der Waals surface area contributed by atoms with E-state index in [9.17, 15) is 28.1 Å². The van der Waals surface area contributed by atoms with Crippen molar-refractivity contribution in [2.75, 3.05) is 7.11 Å². The molecule has 0 bridgehead atoms. The SMILES string of the molecule is COC(=O)c1ccc(-c2cccc(Oc3ccc([N+](=O)[O-])cc3S(=O)(=O)NC(=O)NC(C)(C)C)c2)cc1. The molecule has 2 amide bonds. The highest BCUT2D eigenvalue weighted by Crippen LogP contribution is 2.34. The molecule has 2 N–H and O–H groups in total. The number of rotatable bonds is 7. The summed E-state index contributed by atoms with van der Waals surface area (Å²) < 4.78 is 38.4. The molecule has 0 saturated carbocycles. The maximum atomic E-state index is 13.0. The Morgan fingerprint density at radius 2 is 1.62 bits per heavy atom. The zero-order chi connectivity index (χ0) is 27.4. The fourth-order valence-electron chi connectivity index (χ4n) is 3.23. The molecule has 0 aliphatic heterocycles. The molecule has 37 heavy (non-hydrogen) atoms. The lowest BCUT2D eigenvalue weighted by molar-refractivity contribution is -0.385. The van der Waals surface area contributed by atoms with E-state index in [1.54, 1.807) is 69.3 Å². The van der Waals surface area contributed by atoms with E-state index < -0.39 is 43.1 Å². The summed E-state index contributed by atoms with van der Waals surface area (Å²) in [5.74, 6) is -0.459. The monoisotopic (exact) mass is 527 g/mol. The predicted octanol–water partition coefficient (Wildman–Crippen LogP) is 4.63. The minimum absolute atomic E-state index is 0.222. The van der Waals surface area contributed by atoms with E-state index in [-0.39, 0.29) is 11.5 Å². The lowest BCUT2D eigenvalue weighted by atomic mass is 10.0. The summed E-state index contributed by atoms with van der Waals surface area (Å²) in [5.41, 5.74) is 0.598. The molecule has 3 rings (SSSR count). The Balaban J connectivity index is 1.95. The number of non-ortho nitro benzene ring substituents is 1. The van der Waals surface area contributed by atoms with Gasteiger partial charge in [0.15, 0.2) is 0 Å². The Morgan fingerprint density at radius 3 is 2.22 bits per heavy atom. The number of sulfonamides is 1. The van der Waals surface area contributed by atoms with Crippen LogP contribution in [0.15, 0.2) is 71.6 Å². The summed E-state index contributed by atoms with van der Waals surface area (Å²) in [5, 5.41) is 13.7. The second kappa shape index (κ2) is 10.7. The predicted molar refractivity (Wildman–Crippen MR) is 135 cm³/mol. The van der Waals surface area contributed by atoms with Crippen molar-refractivity contribution >= 4 is 27.7 Å². The average molecular weight is 528 g/mol. The first-order valence-corrected chi connectivity index (χ1v) is 12.4. The molecule has 194 valence electrons. The number of ether oxygens (including phenoxy) is 2. The molecule has 12 heteroatoms. The standard InChI is InChI=1S/C25H25N3O8S/c1-25(2,3)26-24(30)27-37(33,34)22-15-19(28(31)32)12-13-21(22)36-20-7-5-6-18(14-20)16-8-10-17(11-9-16)23(29)35-4/h5-15H,1-4H3,(H2,26,27,30). The molecule has 0 heterocycles. The van der Waals surface area contributed by atoms with Gasteiger partial charge in [-0.1, -0.05) is 24.3 Å². The Morgan fingerprint density at radius 1 is 0.946 bits per heavy atom. The maximum Gasteiger partial charge on any atom is 0.337 e. The fourth-order valence-corrected chi connectivity index (χ4v) is 4.29. The molecule has 0 aromatic heterocycles. The molecule has 0 spiro atoms. The number of esters is 1. The zero-order valence-electron chi connectivity index (χ0n) is 20.5. The van der Waals surface area contributed by atoms with Gasteiger partial charge in [-0.2, -0.15) is 0 Å². The van der Waals surface area contributed by atoms with Crippen LogP contribution in [0.1, 0.15) is 31.1 Å². The third-order valence-corrected chi connectivity index (χ3v) is 6.20. The van der Waals surface area contributed by atoms with Crippen LogP contribution in [-0.2, 0) is 14.8 Å².